The van der Waals surface area contributed by atoms with Crippen molar-refractivity contribution in [3.8, 4) is 5.88 Å². The second-order valence-corrected chi connectivity index (χ2v) is 7.70. The number of nitrogens with one attached hydrogen (secondary N) is 1. The molecule has 0 aliphatic rings. The van der Waals surface area contributed by atoms with Crippen LogP contribution < -0.4 is 10.1 Å². The van der Waals surface area contributed by atoms with Gasteiger partial charge in [-0.15, -0.1) is 0 Å². The smallest absolute Gasteiger partial charge is 0.255 e. The average molecular weight is 407 g/mol. The minimum Gasteiger partial charge on any atom is -0.474 e. The molecule has 1 amide bonds. The maximum Gasteiger partial charge on any atom is 0.255 e. The van der Waals surface area contributed by atoms with Crippen molar-refractivity contribution >= 4 is 21.6 Å². The van der Waals surface area contributed by atoms with Gasteiger partial charge in [0, 0.05) is 32.0 Å². The van der Waals surface area contributed by atoms with E-state index in [-0.39, 0.29) is 10.8 Å². The summed E-state index contributed by atoms with van der Waals surface area (Å²) in [5.74, 6) is -0.106. The summed E-state index contributed by atoms with van der Waals surface area (Å²) in [7, 11) is -2.00. The number of ether oxygens (including phenoxy) is 2. The van der Waals surface area contributed by atoms with E-state index in [2.05, 4.69) is 10.3 Å². The second-order valence-electron chi connectivity index (χ2n) is 5.77. The summed E-state index contributed by atoms with van der Waals surface area (Å²) in [4.78, 5) is 16.8. The fourth-order valence-electron chi connectivity index (χ4n) is 2.51. The molecular weight excluding hydrogens is 382 g/mol. The number of sulfonamides is 1. The van der Waals surface area contributed by atoms with Gasteiger partial charge >= 0.3 is 0 Å². The predicted molar refractivity (Wildman–Crippen MR) is 106 cm³/mol. The van der Waals surface area contributed by atoms with Crippen molar-refractivity contribution < 1.29 is 22.7 Å². The van der Waals surface area contributed by atoms with Gasteiger partial charge in [-0.05, 0) is 36.4 Å². The number of pyridine rings is 1. The van der Waals surface area contributed by atoms with E-state index < -0.39 is 15.9 Å². The monoisotopic (exact) mass is 407 g/mol. The zero-order valence-electron chi connectivity index (χ0n) is 16.2. The normalized spacial score (nSPS) is 11.4. The number of benzene rings is 1. The lowest BCUT2D eigenvalue weighted by molar-refractivity contribution is 0.102. The topological polar surface area (TPSA) is 97.8 Å². The Kier molecular flexibility index (Phi) is 7.91. The molecular formula is C19H25N3O5S. The van der Waals surface area contributed by atoms with Gasteiger partial charge in [-0.25, -0.2) is 13.4 Å². The van der Waals surface area contributed by atoms with E-state index in [1.165, 1.54) is 28.6 Å². The van der Waals surface area contributed by atoms with Crippen LogP contribution in [0.25, 0.3) is 0 Å². The molecule has 1 aromatic carbocycles. The number of nitrogens with zero attached hydrogens (tertiary/aromatic N) is 2. The third-order valence-corrected chi connectivity index (χ3v) is 6.07. The zero-order valence-corrected chi connectivity index (χ0v) is 17.0. The minimum atomic E-state index is -3.56. The molecule has 0 fully saturated rings. The summed E-state index contributed by atoms with van der Waals surface area (Å²) < 4.78 is 36.8. The van der Waals surface area contributed by atoms with Crippen LogP contribution in [0.5, 0.6) is 5.88 Å². The van der Waals surface area contributed by atoms with E-state index in [1.54, 1.807) is 39.3 Å². The summed E-state index contributed by atoms with van der Waals surface area (Å²) in [5, 5.41) is 2.73. The van der Waals surface area contributed by atoms with Gasteiger partial charge in [0.2, 0.25) is 15.9 Å². The SMILES string of the molecule is CCN(CC)S(=O)(=O)c1ccc(C(=O)Nc2cccnc2OCCOC)cc1. The van der Waals surface area contributed by atoms with E-state index in [0.29, 0.717) is 37.6 Å². The van der Waals surface area contributed by atoms with Crippen molar-refractivity contribution in [1.82, 2.24) is 9.29 Å². The van der Waals surface area contributed by atoms with E-state index in [0.717, 1.165) is 0 Å². The molecule has 1 N–H and O–H groups in total. The Bertz CT molecular complexity index is 881. The van der Waals surface area contributed by atoms with Crippen LogP contribution in [-0.4, -0.2) is 57.0 Å². The third kappa shape index (κ3) is 5.28. The molecule has 0 radical (unpaired) electrons. The highest BCUT2D eigenvalue weighted by Crippen LogP contribution is 2.22. The van der Waals surface area contributed by atoms with Gasteiger partial charge < -0.3 is 14.8 Å². The van der Waals surface area contributed by atoms with E-state index in [4.69, 9.17) is 9.47 Å². The number of rotatable bonds is 10. The zero-order chi connectivity index (χ0) is 20.6. The number of amides is 1. The van der Waals surface area contributed by atoms with Crippen molar-refractivity contribution in [1.29, 1.82) is 0 Å². The molecule has 9 heteroatoms. The Hall–Kier alpha value is -2.49. The Morgan fingerprint density at radius 1 is 1.11 bits per heavy atom. The minimum absolute atomic E-state index is 0.151. The molecule has 0 atom stereocenters. The van der Waals surface area contributed by atoms with Crippen LogP contribution in [-0.2, 0) is 14.8 Å². The van der Waals surface area contributed by atoms with Gasteiger partial charge in [0.25, 0.3) is 5.91 Å². The first-order chi connectivity index (χ1) is 13.4. The summed E-state index contributed by atoms with van der Waals surface area (Å²) in [6.45, 7) is 5.02. The summed E-state index contributed by atoms with van der Waals surface area (Å²) in [6, 6.07) is 9.18. The van der Waals surface area contributed by atoms with Gasteiger partial charge in [-0.1, -0.05) is 13.8 Å². The highest BCUT2D eigenvalue weighted by atomic mass is 32.2. The van der Waals surface area contributed by atoms with Crippen LogP contribution in [0.4, 0.5) is 5.69 Å². The molecule has 2 rings (SSSR count). The summed E-state index contributed by atoms with van der Waals surface area (Å²) >= 11 is 0. The number of hydrogen-bond acceptors (Lipinski definition) is 6. The maximum absolute atomic E-state index is 12.5. The highest BCUT2D eigenvalue weighted by molar-refractivity contribution is 7.89. The van der Waals surface area contributed by atoms with Gasteiger partial charge in [-0.2, -0.15) is 4.31 Å². The second kappa shape index (κ2) is 10.2. The number of aromatic nitrogens is 1. The Morgan fingerprint density at radius 3 is 2.39 bits per heavy atom. The van der Waals surface area contributed by atoms with Crippen molar-refractivity contribution in [3.05, 3.63) is 48.2 Å². The Labute approximate surface area is 165 Å². The van der Waals surface area contributed by atoms with Crippen LogP contribution in [0.15, 0.2) is 47.5 Å². The van der Waals surface area contributed by atoms with Crippen molar-refractivity contribution in [2.45, 2.75) is 18.7 Å². The Morgan fingerprint density at radius 2 is 1.79 bits per heavy atom. The van der Waals surface area contributed by atoms with Crippen molar-refractivity contribution in [2.24, 2.45) is 0 Å². The van der Waals surface area contributed by atoms with Crippen LogP contribution in [0.3, 0.4) is 0 Å². The number of methoxy groups -OCH3 is 1. The average Bonchev–Trinajstić information content (AvgIpc) is 2.70. The molecule has 0 unspecified atom stereocenters. The van der Waals surface area contributed by atoms with E-state index in [1.807, 2.05) is 0 Å². The first kappa shape index (κ1) is 21.8. The largest absolute Gasteiger partial charge is 0.474 e. The molecule has 0 saturated heterocycles. The van der Waals surface area contributed by atoms with E-state index in [9.17, 15) is 13.2 Å². The molecule has 152 valence electrons. The lowest BCUT2D eigenvalue weighted by Crippen LogP contribution is -2.30. The quantitative estimate of drug-likeness (QED) is 0.608. The number of anilines is 1. The molecule has 1 aromatic heterocycles. The number of carbonyl (C=O) groups is 1. The molecule has 0 bridgehead atoms. The highest BCUT2D eigenvalue weighted by Gasteiger charge is 2.21. The van der Waals surface area contributed by atoms with Gasteiger partial charge in [0.15, 0.2) is 0 Å². The molecule has 2 aromatic rings. The van der Waals surface area contributed by atoms with Gasteiger partial charge in [0.1, 0.15) is 12.3 Å². The van der Waals surface area contributed by atoms with Crippen molar-refractivity contribution in [3.63, 3.8) is 0 Å². The van der Waals surface area contributed by atoms with Crippen LogP contribution in [0.1, 0.15) is 24.2 Å². The predicted octanol–water partition coefficient (Wildman–Crippen LogP) is 2.39. The molecule has 0 spiro atoms. The lowest BCUT2D eigenvalue weighted by Gasteiger charge is -2.18. The van der Waals surface area contributed by atoms with Crippen LogP contribution >= 0.6 is 0 Å². The van der Waals surface area contributed by atoms with E-state index >= 15 is 0 Å². The van der Waals surface area contributed by atoms with Crippen LogP contribution in [0.2, 0.25) is 0 Å². The van der Waals surface area contributed by atoms with Gasteiger partial charge in [-0.3, -0.25) is 4.79 Å². The first-order valence-electron chi connectivity index (χ1n) is 8.92. The molecule has 0 saturated carbocycles. The summed E-state index contributed by atoms with van der Waals surface area (Å²) in [6.07, 6.45) is 1.56. The molecule has 1 heterocycles. The molecule has 0 aliphatic heterocycles. The van der Waals surface area contributed by atoms with Crippen LogP contribution in [0, 0.1) is 0 Å². The first-order valence-corrected chi connectivity index (χ1v) is 10.4. The standard InChI is InChI=1S/C19H25N3O5S/c1-4-22(5-2)28(24,25)16-10-8-15(9-11-16)18(23)21-17-7-6-12-20-19(17)27-14-13-26-3/h6-12H,4-5,13-14H2,1-3H3,(H,21,23). The maximum atomic E-state index is 12.5. The molecule has 0 aliphatic carbocycles. The Balaban J connectivity index is 2.14. The fraction of sp³-hybridized carbons (Fsp3) is 0.368. The molecule has 28 heavy (non-hydrogen) atoms. The fourth-order valence-corrected chi connectivity index (χ4v) is 3.97. The lowest BCUT2D eigenvalue weighted by atomic mass is 10.2. The third-order valence-electron chi connectivity index (χ3n) is 4.01. The van der Waals surface area contributed by atoms with Crippen molar-refractivity contribution in [2.75, 3.05) is 38.7 Å². The number of hydrogen-bond donors (Lipinski definition) is 1. The number of carbonyl (C=O) groups excluding carboxylic acids is 1. The molecule has 8 nitrogen and oxygen atoms in total. The summed E-state index contributed by atoms with van der Waals surface area (Å²) in [5.41, 5.74) is 0.744. The van der Waals surface area contributed by atoms with Gasteiger partial charge in [0.05, 0.1) is 11.5 Å².